The number of carbonyl (C=O) groups is 1. The summed E-state index contributed by atoms with van der Waals surface area (Å²) in [5.74, 6) is -1.54. The lowest BCUT2D eigenvalue weighted by Crippen LogP contribution is -2.03. The Kier molecular flexibility index (Phi) is 3.76. The molecule has 3 nitrogen and oxygen atoms in total. The maximum Gasteiger partial charge on any atom is 0.443 e. The van der Waals surface area contributed by atoms with Gasteiger partial charge in [-0.15, -0.1) is 11.3 Å². The first-order valence-corrected chi connectivity index (χ1v) is 6.06. The van der Waals surface area contributed by atoms with Crippen LogP contribution in [0, 0.1) is 5.82 Å². The number of thiazole rings is 1. The number of ketones is 1. The fourth-order valence-corrected chi connectivity index (χ4v) is 2.21. The molecule has 0 saturated heterocycles. The highest BCUT2D eigenvalue weighted by molar-refractivity contribution is 7.13. The van der Waals surface area contributed by atoms with Gasteiger partial charge in [-0.1, -0.05) is 0 Å². The van der Waals surface area contributed by atoms with Crippen LogP contribution in [0.15, 0.2) is 24.4 Å². The molecule has 2 rings (SSSR count). The average Bonchev–Trinajstić information content (AvgIpc) is 2.87. The zero-order valence-corrected chi connectivity index (χ0v) is 10.8. The summed E-state index contributed by atoms with van der Waals surface area (Å²) in [6, 6.07) is 3.42. The molecule has 1 heterocycles. The van der Waals surface area contributed by atoms with Gasteiger partial charge in [0.1, 0.15) is 0 Å². The van der Waals surface area contributed by atoms with Crippen molar-refractivity contribution in [2.45, 2.75) is 6.18 Å². The Morgan fingerprint density at radius 1 is 1.35 bits per heavy atom. The van der Waals surface area contributed by atoms with Crippen LogP contribution in [0.4, 0.5) is 17.6 Å². The van der Waals surface area contributed by atoms with Gasteiger partial charge < -0.3 is 4.74 Å². The van der Waals surface area contributed by atoms with Crippen LogP contribution in [-0.2, 0) is 6.18 Å². The average molecular weight is 305 g/mol. The fraction of sp³-hybridized carbons (Fsp3) is 0.167. The molecule has 0 amide bonds. The normalized spacial score (nSPS) is 11.4. The summed E-state index contributed by atoms with van der Waals surface area (Å²) in [5.41, 5.74) is -0.0688. The minimum Gasteiger partial charge on any atom is -0.494 e. The van der Waals surface area contributed by atoms with E-state index in [9.17, 15) is 22.4 Å². The maximum atomic E-state index is 13.5. The smallest absolute Gasteiger partial charge is 0.443 e. The van der Waals surface area contributed by atoms with Gasteiger partial charge >= 0.3 is 6.18 Å². The van der Waals surface area contributed by atoms with Crippen LogP contribution in [0.25, 0.3) is 0 Å². The number of hydrogen-bond acceptors (Lipinski definition) is 4. The van der Waals surface area contributed by atoms with Gasteiger partial charge in [0, 0.05) is 11.8 Å². The van der Waals surface area contributed by atoms with E-state index in [1.165, 1.54) is 19.2 Å². The van der Waals surface area contributed by atoms with Gasteiger partial charge in [-0.2, -0.15) is 13.2 Å². The van der Waals surface area contributed by atoms with Gasteiger partial charge in [0.15, 0.2) is 16.6 Å². The standard InChI is InChI=1S/C12H7F4NO2S/c1-19-8-3-2-6(4-7(8)13)10(18)9-5-17-11(20-9)12(14,15)16/h2-5H,1H3. The van der Waals surface area contributed by atoms with Crippen LogP contribution < -0.4 is 4.74 Å². The predicted octanol–water partition coefficient (Wildman–Crippen LogP) is 3.54. The van der Waals surface area contributed by atoms with Crippen molar-refractivity contribution in [2.75, 3.05) is 7.11 Å². The Morgan fingerprint density at radius 3 is 2.55 bits per heavy atom. The van der Waals surface area contributed by atoms with Crippen molar-refractivity contribution < 1.29 is 27.1 Å². The molecule has 0 radical (unpaired) electrons. The number of ether oxygens (including phenoxy) is 1. The van der Waals surface area contributed by atoms with Crippen molar-refractivity contribution >= 4 is 17.1 Å². The molecule has 0 bridgehead atoms. The van der Waals surface area contributed by atoms with Crippen molar-refractivity contribution in [1.82, 2.24) is 4.98 Å². The van der Waals surface area contributed by atoms with Gasteiger partial charge in [-0.05, 0) is 18.2 Å². The number of benzene rings is 1. The second-order valence-corrected chi connectivity index (χ2v) is 4.74. The third-order valence-corrected chi connectivity index (χ3v) is 3.43. The Hall–Kier alpha value is -1.96. The molecule has 106 valence electrons. The third kappa shape index (κ3) is 2.79. The fourth-order valence-electron chi connectivity index (χ4n) is 1.46. The van der Waals surface area contributed by atoms with Crippen molar-refractivity contribution in [2.24, 2.45) is 0 Å². The van der Waals surface area contributed by atoms with Gasteiger partial charge in [0.05, 0.1) is 12.0 Å². The monoisotopic (exact) mass is 305 g/mol. The molecule has 0 atom stereocenters. The Balaban J connectivity index is 2.32. The molecule has 0 aliphatic heterocycles. The highest BCUT2D eigenvalue weighted by Crippen LogP contribution is 2.33. The number of aromatic nitrogens is 1. The second kappa shape index (κ2) is 5.20. The Morgan fingerprint density at radius 2 is 2.05 bits per heavy atom. The van der Waals surface area contributed by atoms with E-state index >= 15 is 0 Å². The number of hydrogen-bond donors (Lipinski definition) is 0. The molecule has 8 heteroatoms. The van der Waals surface area contributed by atoms with Gasteiger partial charge in [-0.3, -0.25) is 4.79 Å². The first-order chi connectivity index (χ1) is 9.32. The summed E-state index contributed by atoms with van der Waals surface area (Å²) in [7, 11) is 1.26. The van der Waals surface area contributed by atoms with Crippen LogP contribution >= 0.6 is 11.3 Å². The van der Waals surface area contributed by atoms with E-state index in [0.717, 1.165) is 12.3 Å². The number of carbonyl (C=O) groups excluding carboxylic acids is 1. The lowest BCUT2D eigenvalue weighted by atomic mass is 10.1. The van der Waals surface area contributed by atoms with Crippen molar-refractivity contribution in [3.63, 3.8) is 0 Å². The maximum absolute atomic E-state index is 13.5. The highest BCUT2D eigenvalue weighted by atomic mass is 32.1. The first-order valence-electron chi connectivity index (χ1n) is 5.24. The third-order valence-electron chi connectivity index (χ3n) is 2.39. The van der Waals surface area contributed by atoms with Crippen LogP contribution in [-0.4, -0.2) is 17.9 Å². The van der Waals surface area contributed by atoms with Crippen LogP contribution in [0.3, 0.4) is 0 Å². The molecule has 0 saturated carbocycles. The quantitative estimate of drug-likeness (QED) is 0.643. The van der Waals surface area contributed by atoms with E-state index < -0.39 is 22.8 Å². The molecule has 1 aromatic carbocycles. The SMILES string of the molecule is COc1ccc(C(=O)c2cnc(C(F)(F)F)s2)cc1F. The molecule has 20 heavy (non-hydrogen) atoms. The molecule has 0 aliphatic carbocycles. The van der Waals surface area contributed by atoms with E-state index in [0.29, 0.717) is 0 Å². The Labute approximate surface area is 114 Å². The lowest BCUT2D eigenvalue weighted by molar-refractivity contribution is -0.137. The molecular formula is C12H7F4NO2S. The van der Waals surface area contributed by atoms with E-state index in [2.05, 4.69) is 9.72 Å². The summed E-state index contributed by atoms with van der Waals surface area (Å²) in [6.07, 6.45) is -3.77. The largest absolute Gasteiger partial charge is 0.494 e. The van der Waals surface area contributed by atoms with Crippen LogP contribution in [0.2, 0.25) is 0 Å². The molecule has 0 aliphatic rings. The van der Waals surface area contributed by atoms with Gasteiger partial charge in [-0.25, -0.2) is 9.37 Å². The number of methoxy groups -OCH3 is 1. The van der Waals surface area contributed by atoms with Crippen molar-refractivity contribution in [1.29, 1.82) is 0 Å². The van der Waals surface area contributed by atoms with Crippen LogP contribution in [0.1, 0.15) is 20.2 Å². The molecule has 0 spiro atoms. The van der Waals surface area contributed by atoms with Crippen molar-refractivity contribution in [3.05, 3.63) is 45.7 Å². The van der Waals surface area contributed by atoms with E-state index in [1.54, 1.807) is 0 Å². The number of nitrogens with zero attached hydrogens (tertiary/aromatic N) is 1. The predicted molar refractivity (Wildman–Crippen MR) is 63.5 cm³/mol. The molecule has 0 fully saturated rings. The highest BCUT2D eigenvalue weighted by Gasteiger charge is 2.35. The summed E-state index contributed by atoms with van der Waals surface area (Å²) < 4.78 is 55.3. The minimum atomic E-state index is -4.60. The summed E-state index contributed by atoms with van der Waals surface area (Å²) in [6.45, 7) is 0. The number of alkyl halides is 3. The summed E-state index contributed by atoms with van der Waals surface area (Å²) >= 11 is 0.219. The molecule has 0 N–H and O–H groups in total. The summed E-state index contributed by atoms with van der Waals surface area (Å²) in [4.78, 5) is 14.9. The van der Waals surface area contributed by atoms with E-state index in [1.807, 2.05) is 0 Å². The van der Waals surface area contributed by atoms with E-state index in [-0.39, 0.29) is 27.5 Å². The molecule has 2 aromatic rings. The summed E-state index contributed by atoms with van der Waals surface area (Å²) in [5, 5.41) is -1.12. The topological polar surface area (TPSA) is 39.2 Å². The van der Waals surface area contributed by atoms with Crippen molar-refractivity contribution in [3.8, 4) is 5.75 Å². The molecule has 1 aromatic heterocycles. The Bertz CT molecular complexity index is 651. The minimum absolute atomic E-state index is 0.0539. The van der Waals surface area contributed by atoms with Gasteiger partial charge in [0.2, 0.25) is 5.78 Å². The zero-order valence-electron chi connectivity index (χ0n) is 9.99. The second-order valence-electron chi connectivity index (χ2n) is 3.71. The number of rotatable bonds is 3. The number of halogens is 4. The molecular weight excluding hydrogens is 298 g/mol. The molecule has 0 unspecified atom stereocenters. The van der Waals surface area contributed by atoms with Crippen LogP contribution in [0.5, 0.6) is 5.75 Å². The van der Waals surface area contributed by atoms with Gasteiger partial charge in [0.25, 0.3) is 0 Å². The zero-order chi connectivity index (χ0) is 14.9. The first kappa shape index (κ1) is 14.4. The van der Waals surface area contributed by atoms with E-state index in [4.69, 9.17) is 0 Å². The lowest BCUT2D eigenvalue weighted by Gasteiger charge is -2.03.